The molecule has 10 heavy (non-hydrogen) atoms. The number of nitrogens with one attached hydrogen (secondary N) is 1. The van der Waals surface area contributed by atoms with Gasteiger partial charge in [0, 0.05) is 11.9 Å². The number of ketones is 1. The van der Waals surface area contributed by atoms with Crippen molar-refractivity contribution in [2.75, 3.05) is 0 Å². The number of carbonyl (C=O) groups excluding carboxylic acids is 1. The van der Waals surface area contributed by atoms with Crippen LogP contribution in [-0.4, -0.2) is 16.0 Å². The van der Waals surface area contributed by atoms with Gasteiger partial charge in [0.15, 0.2) is 5.78 Å². The zero-order chi connectivity index (χ0) is 7.40. The summed E-state index contributed by atoms with van der Waals surface area (Å²) in [5, 5.41) is 6.38. The summed E-state index contributed by atoms with van der Waals surface area (Å²) < 4.78 is 0. The second-order valence-electron chi connectivity index (χ2n) is 1.93. The van der Waals surface area contributed by atoms with Crippen molar-refractivity contribution in [2.24, 2.45) is 0 Å². The van der Waals surface area contributed by atoms with Gasteiger partial charge in [-0.2, -0.15) is 5.10 Å². The molecule has 0 atom stereocenters. The Morgan fingerprint density at radius 1 is 1.90 bits per heavy atom. The highest BCUT2D eigenvalue weighted by Gasteiger charge is 1.97. The Hall–Kier alpha value is -1.38. The minimum Gasteiger partial charge on any atom is -0.294 e. The van der Waals surface area contributed by atoms with E-state index in [0.717, 1.165) is 5.69 Å². The maximum atomic E-state index is 10.7. The fourth-order valence-corrected chi connectivity index (χ4v) is 0.643. The maximum Gasteiger partial charge on any atom is 0.161 e. The smallest absolute Gasteiger partial charge is 0.161 e. The predicted octanol–water partition coefficient (Wildman–Crippen LogP) is 0.707. The normalized spacial score (nSPS) is 9.20. The lowest BCUT2D eigenvalue weighted by Crippen LogP contribution is -1.97. The molecule has 0 amide bonds. The number of carbonyl (C=O) groups is 1. The van der Waals surface area contributed by atoms with Crippen LogP contribution in [0.3, 0.4) is 0 Å². The number of rotatable bonds is 3. The van der Waals surface area contributed by atoms with Crippen LogP contribution in [0, 0.1) is 0 Å². The molecule has 0 fully saturated rings. The fourth-order valence-electron chi connectivity index (χ4n) is 0.643. The first kappa shape index (κ1) is 6.74. The third-order valence-electron chi connectivity index (χ3n) is 1.15. The molecule has 0 aromatic carbocycles. The lowest BCUT2D eigenvalue weighted by molar-refractivity contribution is -0.114. The van der Waals surface area contributed by atoms with E-state index in [1.165, 1.54) is 6.08 Å². The zero-order valence-corrected chi connectivity index (χ0v) is 5.50. The number of allylic oxidation sites excluding steroid dienone is 1. The molecule has 0 bridgehead atoms. The molecule has 3 heteroatoms. The summed E-state index contributed by atoms with van der Waals surface area (Å²) >= 11 is 0. The Bertz CT molecular complexity index is 226. The van der Waals surface area contributed by atoms with Crippen molar-refractivity contribution in [1.29, 1.82) is 0 Å². The van der Waals surface area contributed by atoms with Crippen LogP contribution in [0.1, 0.15) is 5.69 Å². The van der Waals surface area contributed by atoms with Crippen LogP contribution in [0.2, 0.25) is 0 Å². The number of hydrogen-bond donors (Lipinski definition) is 1. The minimum absolute atomic E-state index is 0.00394. The molecule has 0 saturated carbocycles. The van der Waals surface area contributed by atoms with Gasteiger partial charge in [0.05, 0.1) is 6.42 Å². The van der Waals surface area contributed by atoms with Gasteiger partial charge >= 0.3 is 0 Å². The van der Waals surface area contributed by atoms with Crippen LogP contribution in [0.5, 0.6) is 0 Å². The molecule has 0 aliphatic carbocycles. The summed E-state index contributed by atoms with van der Waals surface area (Å²) in [7, 11) is 0. The highest BCUT2D eigenvalue weighted by Crippen LogP contribution is 1.93. The maximum absolute atomic E-state index is 10.7. The Morgan fingerprint density at radius 3 is 3.20 bits per heavy atom. The number of H-pyrrole nitrogens is 1. The highest BCUT2D eigenvalue weighted by molar-refractivity contribution is 5.90. The molecular formula is C7H8N2O. The Morgan fingerprint density at radius 2 is 2.70 bits per heavy atom. The van der Waals surface area contributed by atoms with Gasteiger partial charge < -0.3 is 0 Å². The second-order valence-corrected chi connectivity index (χ2v) is 1.93. The molecule has 1 N–H and O–H groups in total. The van der Waals surface area contributed by atoms with E-state index in [1.807, 2.05) is 0 Å². The molecule has 0 saturated heterocycles. The standard InChI is InChI=1S/C7H8N2O/c1-2-7(10)5-6-3-4-8-9-6/h2-4H,1,5H2,(H,8,9). The van der Waals surface area contributed by atoms with E-state index in [9.17, 15) is 4.79 Å². The van der Waals surface area contributed by atoms with Gasteiger partial charge in [0.25, 0.3) is 0 Å². The summed E-state index contributed by atoms with van der Waals surface area (Å²) in [6.07, 6.45) is 3.29. The van der Waals surface area contributed by atoms with E-state index in [4.69, 9.17) is 0 Å². The van der Waals surface area contributed by atoms with Crippen molar-refractivity contribution in [3.05, 3.63) is 30.6 Å². The van der Waals surface area contributed by atoms with Crippen molar-refractivity contribution in [2.45, 2.75) is 6.42 Å². The lowest BCUT2D eigenvalue weighted by atomic mass is 10.2. The van der Waals surface area contributed by atoms with Gasteiger partial charge in [-0.1, -0.05) is 6.58 Å². The molecule has 0 aliphatic rings. The van der Waals surface area contributed by atoms with Crippen LogP contribution < -0.4 is 0 Å². The first-order valence-corrected chi connectivity index (χ1v) is 2.96. The Balaban J connectivity index is 2.56. The number of aromatic amines is 1. The number of nitrogens with zero attached hydrogens (tertiary/aromatic N) is 1. The highest BCUT2D eigenvalue weighted by atomic mass is 16.1. The van der Waals surface area contributed by atoms with E-state index in [2.05, 4.69) is 16.8 Å². The Labute approximate surface area is 58.8 Å². The van der Waals surface area contributed by atoms with E-state index < -0.39 is 0 Å². The van der Waals surface area contributed by atoms with Crippen molar-refractivity contribution in [3.8, 4) is 0 Å². The van der Waals surface area contributed by atoms with Crippen LogP contribution in [-0.2, 0) is 11.2 Å². The van der Waals surface area contributed by atoms with Crippen LogP contribution >= 0.6 is 0 Å². The van der Waals surface area contributed by atoms with E-state index in [1.54, 1.807) is 12.3 Å². The average molecular weight is 136 g/mol. The van der Waals surface area contributed by atoms with Gasteiger partial charge in [-0.05, 0) is 12.1 Å². The third kappa shape index (κ3) is 1.55. The second kappa shape index (κ2) is 2.96. The molecule has 0 unspecified atom stereocenters. The van der Waals surface area contributed by atoms with Crippen molar-refractivity contribution in [1.82, 2.24) is 10.2 Å². The Kier molecular flexibility index (Phi) is 1.99. The molecular weight excluding hydrogens is 128 g/mol. The van der Waals surface area contributed by atoms with Gasteiger partial charge in [0.2, 0.25) is 0 Å². The first-order valence-electron chi connectivity index (χ1n) is 2.96. The molecule has 3 nitrogen and oxygen atoms in total. The van der Waals surface area contributed by atoms with E-state index in [0.29, 0.717) is 6.42 Å². The van der Waals surface area contributed by atoms with E-state index in [-0.39, 0.29) is 5.78 Å². The molecule has 1 aromatic rings. The largest absolute Gasteiger partial charge is 0.294 e. The van der Waals surface area contributed by atoms with Crippen LogP contribution in [0.25, 0.3) is 0 Å². The monoisotopic (exact) mass is 136 g/mol. The van der Waals surface area contributed by atoms with Crippen LogP contribution in [0.15, 0.2) is 24.9 Å². The van der Waals surface area contributed by atoms with E-state index >= 15 is 0 Å². The molecule has 0 radical (unpaired) electrons. The summed E-state index contributed by atoms with van der Waals surface area (Å²) in [6, 6.07) is 1.77. The average Bonchev–Trinajstić information content (AvgIpc) is 2.40. The first-order chi connectivity index (χ1) is 4.83. The van der Waals surface area contributed by atoms with Crippen LogP contribution in [0.4, 0.5) is 0 Å². The number of hydrogen-bond acceptors (Lipinski definition) is 2. The molecule has 1 aromatic heterocycles. The third-order valence-corrected chi connectivity index (χ3v) is 1.15. The summed E-state index contributed by atoms with van der Waals surface area (Å²) in [4.78, 5) is 10.7. The minimum atomic E-state index is 0.00394. The molecule has 1 rings (SSSR count). The zero-order valence-electron chi connectivity index (χ0n) is 5.50. The van der Waals surface area contributed by atoms with Gasteiger partial charge in [-0.3, -0.25) is 9.89 Å². The summed E-state index contributed by atoms with van der Waals surface area (Å²) in [5.74, 6) is 0.00394. The van der Waals surface area contributed by atoms with Gasteiger partial charge in [0.1, 0.15) is 0 Å². The topological polar surface area (TPSA) is 45.8 Å². The fraction of sp³-hybridized carbons (Fsp3) is 0.143. The summed E-state index contributed by atoms with van der Waals surface area (Å²) in [5.41, 5.74) is 0.824. The number of aromatic nitrogens is 2. The molecule has 0 spiro atoms. The molecule has 1 heterocycles. The van der Waals surface area contributed by atoms with Gasteiger partial charge in [-0.15, -0.1) is 0 Å². The summed E-state index contributed by atoms with van der Waals surface area (Å²) in [6.45, 7) is 3.36. The van der Waals surface area contributed by atoms with Crippen molar-refractivity contribution in [3.63, 3.8) is 0 Å². The quantitative estimate of drug-likeness (QED) is 0.622. The predicted molar refractivity (Wildman–Crippen MR) is 37.5 cm³/mol. The SMILES string of the molecule is C=CC(=O)Cc1ccn[nH]1. The van der Waals surface area contributed by atoms with Gasteiger partial charge in [-0.25, -0.2) is 0 Å². The lowest BCUT2D eigenvalue weighted by Gasteiger charge is -1.87. The van der Waals surface area contributed by atoms with Crippen molar-refractivity contribution < 1.29 is 4.79 Å². The molecule has 52 valence electrons. The molecule has 0 aliphatic heterocycles. The van der Waals surface area contributed by atoms with Crippen molar-refractivity contribution >= 4 is 5.78 Å².